The van der Waals surface area contributed by atoms with Gasteiger partial charge in [0.2, 0.25) is 0 Å². The molecule has 152 valence electrons. The average molecular weight is 384 g/mol. The zero-order valence-corrected chi connectivity index (χ0v) is 17.4. The molecule has 2 aliphatic heterocycles. The lowest BCUT2D eigenvalue weighted by atomic mass is 9.64. The van der Waals surface area contributed by atoms with Gasteiger partial charge in [-0.2, -0.15) is 0 Å². The van der Waals surface area contributed by atoms with Crippen LogP contribution in [0.2, 0.25) is 0 Å². The number of hydrogen-bond acceptors (Lipinski definition) is 3. The molecule has 0 aromatic heterocycles. The highest BCUT2D eigenvalue weighted by Crippen LogP contribution is 2.46. The third-order valence-corrected chi connectivity index (χ3v) is 6.76. The number of amides is 3. The van der Waals surface area contributed by atoms with Crippen LogP contribution in [0.25, 0.3) is 0 Å². The fourth-order valence-corrected chi connectivity index (χ4v) is 6.01. The molecule has 1 spiro atoms. The highest BCUT2D eigenvalue weighted by molar-refractivity contribution is 6.07. The maximum absolute atomic E-state index is 13.4. The molecule has 2 heterocycles. The van der Waals surface area contributed by atoms with Crippen LogP contribution in [0.5, 0.6) is 0 Å². The third kappa shape index (κ3) is 3.69. The quantitative estimate of drug-likeness (QED) is 0.805. The summed E-state index contributed by atoms with van der Waals surface area (Å²) in [5.74, 6) is 0.424. The fraction of sp³-hybridized carbons (Fsp3) is 0.652. The van der Waals surface area contributed by atoms with Crippen molar-refractivity contribution in [2.75, 3.05) is 13.2 Å². The van der Waals surface area contributed by atoms with E-state index in [4.69, 9.17) is 0 Å². The Kier molecular flexibility index (Phi) is 4.98. The molecule has 5 nitrogen and oxygen atoms in total. The number of carbonyl (C=O) groups excluding carboxylic acids is 2. The first-order valence-electron chi connectivity index (χ1n) is 10.7. The number of carbonyl (C=O) groups is 2. The normalized spacial score (nSPS) is 32.9. The van der Waals surface area contributed by atoms with Gasteiger partial charge in [-0.15, -0.1) is 0 Å². The van der Waals surface area contributed by atoms with Crippen LogP contribution in [-0.2, 0) is 11.2 Å². The summed E-state index contributed by atoms with van der Waals surface area (Å²) >= 11 is 0. The standard InChI is InChI=1S/C23H33N3O2/c1-17-13-22(2,3)15-23(14-17)20(27)26(21(28)24-23)16-25-11-7-10-19(25)12-18-8-5-4-6-9-18/h4-6,8-9,17,19H,7,10-16H2,1-3H3,(H,24,28). The third-order valence-electron chi connectivity index (χ3n) is 6.76. The molecule has 4 rings (SSSR count). The summed E-state index contributed by atoms with van der Waals surface area (Å²) in [5.41, 5.74) is 0.684. The maximum Gasteiger partial charge on any atom is 0.326 e. The Morgan fingerprint density at radius 2 is 1.89 bits per heavy atom. The van der Waals surface area contributed by atoms with Gasteiger partial charge in [0.05, 0.1) is 6.67 Å². The lowest BCUT2D eigenvalue weighted by Gasteiger charge is -2.44. The van der Waals surface area contributed by atoms with E-state index in [-0.39, 0.29) is 17.4 Å². The monoisotopic (exact) mass is 383 g/mol. The van der Waals surface area contributed by atoms with Crippen LogP contribution in [0.4, 0.5) is 4.79 Å². The smallest absolute Gasteiger partial charge is 0.323 e. The zero-order chi connectivity index (χ0) is 19.9. The first kappa shape index (κ1) is 19.4. The van der Waals surface area contributed by atoms with Crippen molar-refractivity contribution in [3.8, 4) is 0 Å². The molecule has 2 saturated heterocycles. The van der Waals surface area contributed by atoms with Crippen molar-refractivity contribution in [2.45, 2.75) is 70.9 Å². The fourth-order valence-electron chi connectivity index (χ4n) is 6.01. The summed E-state index contributed by atoms with van der Waals surface area (Å²) in [6.07, 6.45) is 5.80. The van der Waals surface area contributed by atoms with Crippen molar-refractivity contribution in [3.05, 3.63) is 35.9 Å². The van der Waals surface area contributed by atoms with E-state index in [1.807, 2.05) is 6.07 Å². The van der Waals surface area contributed by atoms with Crippen LogP contribution >= 0.6 is 0 Å². The van der Waals surface area contributed by atoms with Gasteiger partial charge >= 0.3 is 6.03 Å². The van der Waals surface area contributed by atoms with E-state index in [0.717, 1.165) is 45.1 Å². The summed E-state index contributed by atoms with van der Waals surface area (Å²) in [4.78, 5) is 30.0. The van der Waals surface area contributed by atoms with E-state index in [0.29, 0.717) is 18.6 Å². The van der Waals surface area contributed by atoms with Crippen molar-refractivity contribution in [2.24, 2.45) is 11.3 Å². The minimum Gasteiger partial charge on any atom is -0.323 e. The Labute approximate surface area is 168 Å². The van der Waals surface area contributed by atoms with E-state index in [1.54, 1.807) is 0 Å². The molecule has 1 aliphatic carbocycles. The molecule has 1 saturated carbocycles. The van der Waals surface area contributed by atoms with Crippen molar-refractivity contribution in [1.29, 1.82) is 0 Å². The lowest BCUT2D eigenvalue weighted by Crippen LogP contribution is -2.54. The van der Waals surface area contributed by atoms with Crippen molar-refractivity contribution >= 4 is 11.9 Å². The van der Waals surface area contributed by atoms with E-state index < -0.39 is 5.54 Å². The van der Waals surface area contributed by atoms with E-state index in [2.05, 4.69) is 55.3 Å². The van der Waals surface area contributed by atoms with Gasteiger partial charge < -0.3 is 5.32 Å². The summed E-state index contributed by atoms with van der Waals surface area (Å²) < 4.78 is 0. The summed E-state index contributed by atoms with van der Waals surface area (Å²) in [7, 11) is 0. The van der Waals surface area contributed by atoms with Gasteiger partial charge in [0, 0.05) is 12.6 Å². The molecular weight excluding hydrogens is 350 g/mol. The molecular formula is C23H33N3O2. The predicted octanol–water partition coefficient (Wildman–Crippen LogP) is 3.79. The van der Waals surface area contributed by atoms with Crippen LogP contribution < -0.4 is 5.32 Å². The molecule has 1 N–H and O–H groups in total. The molecule has 0 bridgehead atoms. The molecule has 3 atom stereocenters. The minimum absolute atomic E-state index is 0.0116. The number of imide groups is 1. The van der Waals surface area contributed by atoms with Crippen LogP contribution in [-0.4, -0.2) is 46.5 Å². The molecule has 1 aromatic carbocycles. The number of benzene rings is 1. The number of nitrogens with zero attached hydrogens (tertiary/aromatic N) is 2. The van der Waals surface area contributed by atoms with Gasteiger partial charge in [-0.1, -0.05) is 51.1 Å². The second kappa shape index (κ2) is 7.18. The minimum atomic E-state index is -0.701. The number of nitrogens with one attached hydrogen (secondary N) is 1. The Bertz CT molecular complexity index is 747. The van der Waals surface area contributed by atoms with Gasteiger partial charge in [0.25, 0.3) is 5.91 Å². The summed E-state index contributed by atoms with van der Waals surface area (Å²) in [6, 6.07) is 10.7. The highest BCUT2D eigenvalue weighted by atomic mass is 16.2. The first-order valence-corrected chi connectivity index (χ1v) is 10.7. The van der Waals surface area contributed by atoms with Gasteiger partial charge in [0.15, 0.2) is 0 Å². The van der Waals surface area contributed by atoms with Crippen molar-refractivity contribution in [1.82, 2.24) is 15.1 Å². The van der Waals surface area contributed by atoms with Gasteiger partial charge in [-0.3, -0.25) is 9.69 Å². The first-order chi connectivity index (χ1) is 13.3. The predicted molar refractivity (Wildman–Crippen MR) is 110 cm³/mol. The summed E-state index contributed by atoms with van der Waals surface area (Å²) in [5, 5.41) is 3.10. The van der Waals surface area contributed by atoms with E-state index in [9.17, 15) is 9.59 Å². The van der Waals surface area contributed by atoms with Gasteiger partial charge in [-0.25, -0.2) is 9.69 Å². The summed E-state index contributed by atoms with van der Waals surface area (Å²) in [6.45, 7) is 7.98. The molecule has 3 unspecified atom stereocenters. The molecule has 3 amide bonds. The number of hydrogen-bond donors (Lipinski definition) is 1. The number of likely N-dealkylation sites (tertiary alicyclic amines) is 1. The second-order valence-electron chi connectivity index (χ2n) is 10.0. The van der Waals surface area contributed by atoms with Crippen LogP contribution in [0, 0.1) is 11.3 Å². The molecule has 5 heteroatoms. The maximum atomic E-state index is 13.4. The Morgan fingerprint density at radius 3 is 2.61 bits per heavy atom. The molecule has 0 radical (unpaired) electrons. The highest BCUT2D eigenvalue weighted by Gasteiger charge is 2.56. The van der Waals surface area contributed by atoms with Crippen LogP contribution in [0.3, 0.4) is 0 Å². The lowest BCUT2D eigenvalue weighted by molar-refractivity contribution is -0.136. The van der Waals surface area contributed by atoms with Gasteiger partial charge in [-0.05, 0) is 55.4 Å². The van der Waals surface area contributed by atoms with Crippen LogP contribution in [0.15, 0.2) is 30.3 Å². The molecule has 3 aliphatic rings. The second-order valence-corrected chi connectivity index (χ2v) is 10.0. The number of rotatable bonds is 4. The Balaban J connectivity index is 1.47. The Hall–Kier alpha value is -1.88. The van der Waals surface area contributed by atoms with E-state index >= 15 is 0 Å². The Morgan fingerprint density at radius 1 is 1.14 bits per heavy atom. The topological polar surface area (TPSA) is 52.7 Å². The zero-order valence-electron chi connectivity index (χ0n) is 17.4. The van der Waals surface area contributed by atoms with Crippen molar-refractivity contribution in [3.63, 3.8) is 0 Å². The van der Waals surface area contributed by atoms with Crippen molar-refractivity contribution < 1.29 is 9.59 Å². The SMILES string of the molecule is CC1CC(C)(C)CC2(C1)NC(=O)N(CN1CCCC1Cc1ccccc1)C2=O. The molecule has 1 aromatic rings. The van der Waals surface area contributed by atoms with Crippen LogP contribution in [0.1, 0.15) is 58.4 Å². The van der Waals surface area contributed by atoms with E-state index in [1.165, 1.54) is 10.5 Å². The average Bonchev–Trinajstić information content (AvgIpc) is 3.12. The van der Waals surface area contributed by atoms with Gasteiger partial charge in [0.1, 0.15) is 5.54 Å². The largest absolute Gasteiger partial charge is 0.326 e. The number of urea groups is 1. The molecule has 28 heavy (non-hydrogen) atoms. The molecule has 3 fully saturated rings.